The molecule has 0 spiro atoms. The lowest BCUT2D eigenvalue weighted by Gasteiger charge is -2.10. The van der Waals surface area contributed by atoms with Crippen LogP contribution in [0.25, 0.3) is 0 Å². The van der Waals surface area contributed by atoms with E-state index in [2.05, 4.69) is 26.2 Å². The van der Waals surface area contributed by atoms with Crippen molar-refractivity contribution in [2.24, 2.45) is 0 Å². The minimum atomic E-state index is -1.09. The highest BCUT2D eigenvalue weighted by Crippen LogP contribution is 2.36. The number of anilines is 2. The normalized spacial score (nSPS) is 10.3. The molecule has 1 aromatic heterocycles. The molecule has 1 aromatic carbocycles. The number of rotatable bonds is 3. The molecule has 0 fully saturated rings. The number of benzene rings is 1. The van der Waals surface area contributed by atoms with Crippen molar-refractivity contribution in [2.45, 2.75) is 0 Å². The van der Waals surface area contributed by atoms with Gasteiger partial charge in [0.1, 0.15) is 5.82 Å². The lowest BCUT2D eigenvalue weighted by molar-refractivity contribution is 0.0690. The first kappa shape index (κ1) is 14.1. The molecule has 0 amide bonds. The Balaban J connectivity index is 2.34. The second-order valence-electron chi connectivity index (χ2n) is 3.56. The Morgan fingerprint density at radius 3 is 2.63 bits per heavy atom. The highest BCUT2D eigenvalue weighted by atomic mass is 79.9. The standard InChI is InChI=1S/C12H7BrCl2N2O2/c13-6-4-5-7(11(15)10(6)14)16-9-3-1-2-8(17-9)12(18)19/h1-5H,(H,16,17)(H,18,19). The summed E-state index contributed by atoms with van der Waals surface area (Å²) in [5.41, 5.74) is 0.495. The van der Waals surface area contributed by atoms with Gasteiger partial charge in [-0.05, 0) is 40.2 Å². The molecule has 0 saturated heterocycles. The van der Waals surface area contributed by atoms with Crippen LogP contribution < -0.4 is 5.32 Å². The van der Waals surface area contributed by atoms with Crippen LogP contribution in [0.3, 0.4) is 0 Å². The van der Waals surface area contributed by atoms with Crippen LogP contribution in [0.5, 0.6) is 0 Å². The van der Waals surface area contributed by atoms with Crippen LogP contribution in [-0.4, -0.2) is 16.1 Å². The molecular weight excluding hydrogens is 355 g/mol. The van der Waals surface area contributed by atoms with Gasteiger partial charge in [-0.2, -0.15) is 0 Å². The predicted molar refractivity (Wildman–Crippen MR) is 78.6 cm³/mol. The van der Waals surface area contributed by atoms with E-state index in [1.165, 1.54) is 6.07 Å². The van der Waals surface area contributed by atoms with Crippen LogP contribution in [0.4, 0.5) is 11.5 Å². The third kappa shape index (κ3) is 3.18. The number of nitrogens with zero attached hydrogens (tertiary/aromatic N) is 1. The molecule has 0 saturated carbocycles. The Kier molecular flexibility index (Phi) is 4.29. The average Bonchev–Trinajstić information content (AvgIpc) is 2.40. The second kappa shape index (κ2) is 5.77. The Bertz CT molecular complexity index is 650. The molecule has 0 bridgehead atoms. The van der Waals surface area contributed by atoms with Gasteiger partial charge in [0.25, 0.3) is 0 Å². The number of nitrogens with one attached hydrogen (secondary N) is 1. The Hall–Kier alpha value is -1.30. The number of hydrogen-bond acceptors (Lipinski definition) is 3. The molecule has 4 nitrogen and oxygen atoms in total. The zero-order valence-corrected chi connectivity index (χ0v) is 12.4. The zero-order valence-electron chi connectivity index (χ0n) is 9.32. The molecule has 2 N–H and O–H groups in total. The monoisotopic (exact) mass is 360 g/mol. The van der Waals surface area contributed by atoms with Crippen LogP contribution >= 0.6 is 39.1 Å². The van der Waals surface area contributed by atoms with Crippen molar-refractivity contribution in [2.75, 3.05) is 5.32 Å². The zero-order chi connectivity index (χ0) is 14.0. The molecule has 0 aliphatic heterocycles. The maximum absolute atomic E-state index is 10.8. The summed E-state index contributed by atoms with van der Waals surface area (Å²) in [4.78, 5) is 14.8. The van der Waals surface area contributed by atoms with Crippen molar-refractivity contribution < 1.29 is 9.90 Å². The number of hydrogen-bond donors (Lipinski definition) is 2. The van der Waals surface area contributed by atoms with Gasteiger partial charge < -0.3 is 10.4 Å². The van der Waals surface area contributed by atoms with E-state index in [0.717, 1.165) is 0 Å². The van der Waals surface area contributed by atoms with Crippen LogP contribution in [-0.2, 0) is 0 Å². The van der Waals surface area contributed by atoms with E-state index < -0.39 is 5.97 Å². The van der Waals surface area contributed by atoms with Crippen molar-refractivity contribution in [1.29, 1.82) is 0 Å². The van der Waals surface area contributed by atoms with E-state index in [0.29, 0.717) is 26.0 Å². The van der Waals surface area contributed by atoms with Gasteiger partial charge in [-0.25, -0.2) is 9.78 Å². The summed E-state index contributed by atoms with van der Waals surface area (Å²) in [6.07, 6.45) is 0. The number of aromatic nitrogens is 1. The van der Waals surface area contributed by atoms with Gasteiger partial charge in [0, 0.05) is 4.47 Å². The van der Waals surface area contributed by atoms with Crippen LogP contribution in [0.2, 0.25) is 10.0 Å². The first-order valence-corrected chi connectivity index (χ1v) is 6.65. The first-order valence-electron chi connectivity index (χ1n) is 5.10. The topological polar surface area (TPSA) is 62.2 Å². The predicted octanol–water partition coefficient (Wildman–Crippen LogP) is 4.59. The third-order valence-electron chi connectivity index (χ3n) is 2.27. The number of pyridine rings is 1. The molecule has 7 heteroatoms. The van der Waals surface area contributed by atoms with E-state index in [-0.39, 0.29) is 5.69 Å². The molecule has 0 unspecified atom stereocenters. The number of carbonyl (C=O) groups is 1. The lowest BCUT2D eigenvalue weighted by atomic mass is 10.3. The van der Waals surface area contributed by atoms with E-state index in [4.69, 9.17) is 28.3 Å². The van der Waals surface area contributed by atoms with E-state index in [9.17, 15) is 4.79 Å². The highest BCUT2D eigenvalue weighted by molar-refractivity contribution is 9.10. The highest BCUT2D eigenvalue weighted by Gasteiger charge is 2.10. The van der Waals surface area contributed by atoms with Crippen molar-refractivity contribution in [1.82, 2.24) is 4.98 Å². The Morgan fingerprint density at radius 1 is 1.21 bits per heavy atom. The van der Waals surface area contributed by atoms with Crippen LogP contribution in [0.1, 0.15) is 10.5 Å². The summed E-state index contributed by atoms with van der Waals surface area (Å²) < 4.78 is 0.678. The Labute approximate surface area is 127 Å². The van der Waals surface area contributed by atoms with Crippen LogP contribution in [0, 0.1) is 0 Å². The molecule has 19 heavy (non-hydrogen) atoms. The van der Waals surface area contributed by atoms with Crippen molar-refractivity contribution in [3.63, 3.8) is 0 Å². The van der Waals surface area contributed by atoms with Gasteiger partial charge in [0.05, 0.1) is 15.7 Å². The maximum Gasteiger partial charge on any atom is 0.354 e. The molecule has 0 atom stereocenters. The largest absolute Gasteiger partial charge is 0.477 e. The van der Waals surface area contributed by atoms with Gasteiger partial charge in [-0.1, -0.05) is 29.3 Å². The van der Waals surface area contributed by atoms with Crippen LogP contribution in [0.15, 0.2) is 34.8 Å². The quantitative estimate of drug-likeness (QED) is 0.784. The summed E-state index contributed by atoms with van der Waals surface area (Å²) in [5.74, 6) is -0.719. The van der Waals surface area contributed by atoms with Crippen molar-refractivity contribution >= 4 is 56.6 Å². The average molecular weight is 362 g/mol. The number of aromatic carboxylic acids is 1. The first-order chi connectivity index (χ1) is 8.99. The summed E-state index contributed by atoms with van der Waals surface area (Å²) in [6.45, 7) is 0. The molecular formula is C12H7BrCl2N2O2. The van der Waals surface area contributed by atoms with Gasteiger partial charge in [-0.15, -0.1) is 0 Å². The smallest absolute Gasteiger partial charge is 0.354 e. The maximum atomic E-state index is 10.8. The Morgan fingerprint density at radius 2 is 1.95 bits per heavy atom. The molecule has 1 heterocycles. The summed E-state index contributed by atoms with van der Waals surface area (Å²) in [5, 5.41) is 12.5. The molecule has 0 aliphatic carbocycles. The van der Waals surface area contributed by atoms with E-state index in [1.807, 2.05) is 0 Å². The lowest BCUT2D eigenvalue weighted by Crippen LogP contribution is -2.02. The number of carboxylic acids is 1. The minimum absolute atomic E-state index is 0.0515. The SMILES string of the molecule is O=C(O)c1cccc(Nc2ccc(Br)c(Cl)c2Cl)n1. The molecule has 0 aliphatic rings. The third-order valence-corrected chi connectivity index (χ3v) is 4.04. The van der Waals surface area contributed by atoms with Gasteiger partial charge in [0.2, 0.25) is 0 Å². The molecule has 0 radical (unpaired) electrons. The van der Waals surface area contributed by atoms with E-state index >= 15 is 0 Å². The van der Waals surface area contributed by atoms with Gasteiger partial charge in [-0.3, -0.25) is 0 Å². The molecule has 2 rings (SSSR count). The summed E-state index contributed by atoms with van der Waals surface area (Å²) in [6, 6.07) is 8.08. The fourth-order valence-electron chi connectivity index (χ4n) is 1.38. The second-order valence-corrected chi connectivity index (χ2v) is 5.17. The number of carboxylic acid groups (broad SMARTS) is 1. The number of halogens is 3. The van der Waals surface area contributed by atoms with Crippen molar-refractivity contribution in [3.05, 3.63) is 50.5 Å². The van der Waals surface area contributed by atoms with E-state index in [1.54, 1.807) is 24.3 Å². The van der Waals surface area contributed by atoms with Crippen molar-refractivity contribution in [3.8, 4) is 0 Å². The minimum Gasteiger partial charge on any atom is -0.477 e. The fraction of sp³-hybridized carbons (Fsp3) is 0. The van der Waals surface area contributed by atoms with Gasteiger partial charge >= 0.3 is 5.97 Å². The van der Waals surface area contributed by atoms with Gasteiger partial charge in [0.15, 0.2) is 5.69 Å². The molecule has 98 valence electrons. The summed E-state index contributed by atoms with van der Waals surface area (Å²) in [7, 11) is 0. The summed E-state index contributed by atoms with van der Waals surface area (Å²) >= 11 is 15.3. The fourth-order valence-corrected chi connectivity index (χ4v) is 2.21. The molecule has 2 aromatic rings.